The maximum Gasteiger partial charge on any atom is 0.326 e. The molecule has 2 aliphatic rings. The van der Waals surface area contributed by atoms with Gasteiger partial charge in [0, 0.05) is 17.0 Å². The minimum atomic E-state index is -1.01. The second-order valence-corrected chi connectivity index (χ2v) is 6.92. The van der Waals surface area contributed by atoms with Gasteiger partial charge in [0.25, 0.3) is 5.91 Å². The van der Waals surface area contributed by atoms with Crippen LogP contribution >= 0.6 is 11.3 Å². The highest BCUT2D eigenvalue weighted by Crippen LogP contribution is 2.37. The van der Waals surface area contributed by atoms with Crippen molar-refractivity contribution in [2.45, 2.75) is 31.8 Å². The van der Waals surface area contributed by atoms with Crippen molar-refractivity contribution >= 4 is 23.2 Å². The van der Waals surface area contributed by atoms with Gasteiger partial charge in [-0.15, -0.1) is 11.3 Å². The van der Waals surface area contributed by atoms with Gasteiger partial charge in [0.05, 0.1) is 0 Å². The third kappa shape index (κ3) is 2.93. The van der Waals surface area contributed by atoms with Crippen LogP contribution in [-0.2, 0) is 4.79 Å². The number of carbonyl (C=O) groups excluding carboxylic acids is 1. The Morgan fingerprint density at radius 1 is 1.32 bits per heavy atom. The van der Waals surface area contributed by atoms with Crippen molar-refractivity contribution in [2.24, 2.45) is 0 Å². The lowest BCUT2D eigenvalue weighted by Gasteiger charge is -2.25. The number of hydrogen-bond donors (Lipinski definition) is 1. The second kappa shape index (κ2) is 6.03. The smallest absolute Gasteiger partial charge is 0.326 e. The number of carboxylic acid groups (broad SMARTS) is 1. The van der Waals surface area contributed by atoms with Gasteiger partial charge >= 0.3 is 5.97 Å². The van der Waals surface area contributed by atoms with Gasteiger partial charge < -0.3 is 19.5 Å². The number of ether oxygens (including phenoxy) is 2. The number of benzene rings is 1. The summed E-state index contributed by atoms with van der Waals surface area (Å²) in [6.07, 6.45) is 1.67. The van der Waals surface area contributed by atoms with Crippen LogP contribution in [0, 0.1) is 0 Å². The van der Waals surface area contributed by atoms with Gasteiger partial charge in [-0.1, -0.05) is 0 Å². The SMILES string of the molecule is CC(C(=O)O)N(C(=O)c1csc(-c2ccc3c(c2)OCO3)n1)C1CC1. The summed E-state index contributed by atoms with van der Waals surface area (Å²) in [6, 6.07) is 4.63. The van der Waals surface area contributed by atoms with Crippen LogP contribution in [-0.4, -0.2) is 45.7 Å². The van der Waals surface area contributed by atoms with E-state index in [1.165, 1.54) is 23.2 Å². The molecule has 1 N–H and O–H groups in total. The topological polar surface area (TPSA) is 89.0 Å². The van der Waals surface area contributed by atoms with Crippen LogP contribution in [0.25, 0.3) is 10.6 Å². The number of hydrogen-bond acceptors (Lipinski definition) is 6. The highest BCUT2D eigenvalue weighted by molar-refractivity contribution is 7.13. The van der Waals surface area contributed by atoms with E-state index in [2.05, 4.69) is 4.98 Å². The molecule has 1 aromatic heterocycles. The molecule has 0 bridgehead atoms. The fourth-order valence-electron chi connectivity index (χ4n) is 2.80. The van der Waals surface area contributed by atoms with E-state index in [9.17, 15) is 14.7 Å². The Balaban J connectivity index is 1.60. The fraction of sp³-hybridized carbons (Fsp3) is 0.353. The molecular weight excluding hydrogens is 344 g/mol. The zero-order valence-corrected chi connectivity index (χ0v) is 14.3. The monoisotopic (exact) mass is 360 g/mol. The van der Waals surface area contributed by atoms with E-state index in [4.69, 9.17) is 9.47 Å². The highest BCUT2D eigenvalue weighted by Gasteiger charge is 2.39. The molecule has 0 saturated heterocycles. The number of aromatic nitrogens is 1. The van der Waals surface area contributed by atoms with Crippen molar-refractivity contribution < 1.29 is 24.2 Å². The van der Waals surface area contributed by atoms with E-state index in [0.29, 0.717) is 16.5 Å². The van der Waals surface area contributed by atoms with E-state index < -0.39 is 12.0 Å². The number of carbonyl (C=O) groups is 2. The van der Waals surface area contributed by atoms with Crippen LogP contribution in [0.3, 0.4) is 0 Å². The van der Waals surface area contributed by atoms with Crippen LogP contribution in [0.5, 0.6) is 11.5 Å². The molecule has 1 aromatic carbocycles. The summed E-state index contributed by atoms with van der Waals surface area (Å²) in [5.74, 6) is -0.00130. The third-order valence-electron chi connectivity index (χ3n) is 4.29. The standard InChI is InChI=1S/C17H16N2O5S/c1-9(17(21)22)19(11-3-4-11)16(20)12-7-25-15(18-12)10-2-5-13-14(6-10)24-8-23-13/h2,5-7,9,11H,3-4,8H2,1H3,(H,21,22). The average Bonchev–Trinajstić information content (AvgIpc) is 3.13. The predicted molar refractivity (Wildman–Crippen MR) is 90.0 cm³/mol. The van der Waals surface area contributed by atoms with Gasteiger partial charge in [-0.25, -0.2) is 9.78 Å². The Kier molecular flexibility index (Phi) is 3.84. The molecular formula is C17H16N2O5S. The lowest BCUT2D eigenvalue weighted by Crippen LogP contribution is -2.44. The summed E-state index contributed by atoms with van der Waals surface area (Å²) in [5, 5.41) is 11.6. The van der Waals surface area contributed by atoms with Crippen LogP contribution in [0.4, 0.5) is 0 Å². The molecule has 7 nitrogen and oxygen atoms in total. The molecule has 4 rings (SSSR count). The Bertz CT molecular complexity index is 845. The molecule has 1 aliphatic heterocycles. The van der Waals surface area contributed by atoms with Gasteiger partial charge in [-0.3, -0.25) is 4.79 Å². The summed E-state index contributed by atoms with van der Waals surface area (Å²) in [7, 11) is 0. The predicted octanol–water partition coefficient (Wildman–Crippen LogP) is 2.62. The van der Waals surface area contributed by atoms with E-state index >= 15 is 0 Å². The zero-order chi connectivity index (χ0) is 17.6. The van der Waals surface area contributed by atoms with E-state index in [-0.39, 0.29) is 24.4 Å². The molecule has 0 spiro atoms. The first kappa shape index (κ1) is 15.9. The molecule has 2 heterocycles. The summed E-state index contributed by atoms with van der Waals surface area (Å²) in [5.41, 5.74) is 1.11. The van der Waals surface area contributed by atoms with E-state index in [1.807, 2.05) is 18.2 Å². The molecule has 1 saturated carbocycles. The van der Waals surface area contributed by atoms with Crippen molar-refractivity contribution in [2.75, 3.05) is 6.79 Å². The molecule has 1 unspecified atom stereocenters. The Morgan fingerprint density at radius 2 is 2.08 bits per heavy atom. The second-order valence-electron chi connectivity index (χ2n) is 6.06. The number of carboxylic acids is 1. The van der Waals surface area contributed by atoms with Crippen LogP contribution < -0.4 is 9.47 Å². The van der Waals surface area contributed by atoms with Crippen molar-refractivity contribution in [3.8, 4) is 22.1 Å². The Hall–Kier alpha value is -2.61. The van der Waals surface area contributed by atoms with Crippen LogP contribution in [0.15, 0.2) is 23.6 Å². The largest absolute Gasteiger partial charge is 0.480 e. The lowest BCUT2D eigenvalue weighted by molar-refractivity contribution is -0.141. The first-order valence-electron chi connectivity index (χ1n) is 7.95. The van der Waals surface area contributed by atoms with Crippen LogP contribution in [0.2, 0.25) is 0 Å². The molecule has 2 aromatic rings. The lowest BCUT2D eigenvalue weighted by atomic mass is 10.2. The Morgan fingerprint density at radius 3 is 2.80 bits per heavy atom. The third-order valence-corrected chi connectivity index (χ3v) is 5.18. The van der Waals surface area contributed by atoms with Crippen molar-refractivity contribution in [3.63, 3.8) is 0 Å². The first-order valence-corrected chi connectivity index (χ1v) is 8.83. The van der Waals surface area contributed by atoms with Gasteiger partial charge in [0.15, 0.2) is 11.5 Å². The number of thiazole rings is 1. The minimum Gasteiger partial charge on any atom is -0.480 e. The molecule has 8 heteroatoms. The van der Waals surface area contributed by atoms with E-state index in [1.54, 1.807) is 5.38 Å². The number of aliphatic carboxylic acids is 1. The summed E-state index contributed by atoms with van der Waals surface area (Å²) < 4.78 is 10.7. The molecule has 1 fully saturated rings. The maximum atomic E-state index is 12.8. The molecule has 1 atom stereocenters. The number of rotatable bonds is 5. The minimum absolute atomic E-state index is 0.00528. The first-order chi connectivity index (χ1) is 12.0. The molecule has 130 valence electrons. The average molecular weight is 360 g/mol. The molecule has 1 aliphatic carbocycles. The summed E-state index contributed by atoms with van der Waals surface area (Å²) >= 11 is 1.34. The number of nitrogens with zero attached hydrogens (tertiary/aromatic N) is 2. The Labute approximate surface area is 147 Å². The van der Waals surface area contributed by atoms with Crippen LogP contribution in [0.1, 0.15) is 30.3 Å². The van der Waals surface area contributed by atoms with Gasteiger partial charge in [-0.2, -0.15) is 0 Å². The number of fused-ring (bicyclic) bond motifs is 1. The van der Waals surface area contributed by atoms with Gasteiger partial charge in [0.2, 0.25) is 6.79 Å². The van der Waals surface area contributed by atoms with E-state index in [0.717, 1.165) is 18.4 Å². The summed E-state index contributed by atoms with van der Waals surface area (Å²) in [4.78, 5) is 29.9. The normalized spacial score (nSPS) is 16.5. The highest BCUT2D eigenvalue weighted by atomic mass is 32.1. The van der Waals surface area contributed by atoms with Crippen molar-refractivity contribution in [3.05, 3.63) is 29.3 Å². The van der Waals surface area contributed by atoms with Gasteiger partial charge in [-0.05, 0) is 38.0 Å². The van der Waals surface area contributed by atoms with Gasteiger partial charge in [0.1, 0.15) is 16.7 Å². The molecule has 1 amide bonds. The maximum absolute atomic E-state index is 12.8. The zero-order valence-electron chi connectivity index (χ0n) is 13.5. The van der Waals surface area contributed by atoms with Crippen molar-refractivity contribution in [1.29, 1.82) is 0 Å². The summed E-state index contributed by atoms with van der Waals surface area (Å²) in [6.45, 7) is 1.73. The number of amides is 1. The quantitative estimate of drug-likeness (QED) is 0.882. The fourth-order valence-corrected chi connectivity index (χ4v) is 3.59. The molecule has 25 heavy (non-hydrogen) atoms. The molecule has 0 radical (unpaired) electrons. The van der Waals surface area contributed by atoms with Crippen molar-refractivity contribution in [1.82, 2.24) is 9.88 Å².